The number of aryl methyl sites for hydroxylation is 2. The van der Waals surface area contributed by atoms with Crippen LogP contribution in [0, 0.1) is 18.6 Å². The lowest BCUT2D eigenvalue weighted by Gasteiger charge is -2.26. The fourth-order valence-electron chi connectivity index (χ4n) is 5.16. The fourth-order valence-corrected chi connectivity index (χ4v) is 5.16. The Kier molecular flexibility index (Phi) is 15.2. The largest absolute Gasteiger partial charge is 0.390 e. The van der Waals surface area contributed by atoms with Crippen molar-refractivity contribution in [3.05, 3.63) is 106 Å². The average molecular weight is 640 g/mol. The van der Waals surface area contributed by atoms with E-state index in [4.69, 9.17) is 9.47 Å². The minimum Gasteiger partial charge on any atom is -0.390 e. The van der Waals surface area contributed by atoms with Crippen LogP contribution >= 0.6 is 0 Å². The first kappa shape index (κ1) is 36.8. The molecule has 0 bridgehead atoms. The molecule has 3 aromatic rings. The van der Waals surface area contributed by atoms with Gasteiger partial charge in [-0.2, -0.15) is 0 Å². The fraction of sp³-hybridized carbons (Fsp3) is 0.444. The van der Waals surface area contributed by atoms with Gasteiger partial charge in [0, 0.05) is 56.6 Å². The summed E-state index contributed by atoms with van der Waals surface area (Å²) in [5, 5.41) is 17.3. The number of carbonyl (C=O) groups excluding carboxylic acids is 2. The monoisotopic (exact) mass is 639 g/mol. The van der Waals surface area contributed by atoms with Crippen LogP contribution in [0.3, 0.4) is 0 Å². The van der Waals surface area contributed by atoms with E-state index in [0.29, 0.717) is 57.2 Å². The van der Waals surface area contributed by atoms with Crippen molar-refractivity contribution < 1.29 is 33.0 Å². The van der Waals surface area contributed by atoms with Crippen molar-refractivity contribution in [1.82, 2.24) is 15.5 Å². The molecule has 0 saturated carbocycles. The minimum atomic E-state index is -1.09. The molecule has 0 fully saturated rings. The van der Waals surface area contributed by atoms with Gasteiger partial charge in [0.15, 0.2) is 0 Å². The van der Waals surface area contributed by atoms with E-state index in [1.807, 2.05) is 32.0 Å². The predicted octanol–water partition coefficient (Wildman–Crippen LogP) is 4.84. The van der Waals surface area contributed by atoms with Crippen molar-refractivity contribution in [2.24, 2.45) is 0 Å². The number of ether oxygens (including phenoxy) is 2. The summed E-state index contributed by atoms with van der Waals surface area (Å²) in [4.78, 5) is 28.8. The highest BCUT2D eigenvalue weighted by atomic mass is 19.1. The van der Waals surface area contributed by atoms with E-state index >= 15 is 0 Å². The van der Waals surface area contributed by atoms with Crippen LogP contribution in [-0.2, 0) is 28.9 Å². The van der Waals surface area contributed by atoms with Crippen LogP contribution in [0.15, 0.2) is 60.7 Å². The highest BCUT2D eigenvalue weighted by Gasteiger charge is 2.24. The topological polar surface area (TPSA) is 100 Å². The standard InChI is InChI=1S/C36H47F2N3O5/c1-5-26-9-8-10-27(17-26)23-39-24-34(42)33(20-28-18-31(37)22-32(38)19-28)40-35(43)29-15-25(4)16-30(21-29)36(44)41(11-13-45-6-2)12-14-46-7-3/h8-10,15-19,21-22,33-34,39,42H,5-7,11-14,20,23-24H2,1-4H3,(H,40,43)/t33-,34+/m0/s1. The van der Waals surface area contributed by atoms with E-state index in [1.165, 1.54) is 23.8 Å². The van der Waals surface area contributed by atoms with Gasteiger partial charge in [-0.15, -0.1) is 0 Å². The third-order valence-corrected chi connectivity index (χ3v) is 7.53. The van der Waals surface area contributed by atoms with Crippen LogP contribution in [-0.4, -0.2) is 80.0 Å². The summed E-state index contributed by atoms with van der Waals surface area (Å²) in [5.41, 5.74) is 3.79. The Bertz CT molecular complexity index is 1390. The Balaban J connectivity index is 1.80. The molecule has 3 N–H and O–H groups in total. The van der Waals surface area contributed by atoms with Crippen LogP contribution < -0.4 is 10.6 Å². The van der Waals surface area contributed by atoms with Crippen molar-refractivity contribution in [2.75, 3.05) is 46.1 Å². The molecule has 8 nitrogen and oxygen atoms in total. The second-order valence-electron chi connectivity index (χ2n) is 11.2. The molecular formula is C36H47F2N3O5. The van der Waals surface area contributed by atoms with Gasteiger partial charge in [-0.1, -0.05) is 31.2 Å². The highest BCUT2D eigenvalue weighted by molar-refractivity contribution is 6.00. The molecule has 0 saturated heterocycles. The summed E-state index contributed by atoms with van der Waals surface area (Å²) in [6.07, 6.45) is -0.211. The molecule has 0 unspecified atom stereocenters. The molecule has 0 aliphatic rings. The Morgan fingerprint density at radius 3 is 2.11 bits per heavy atom. The summed E-state index contributed by atoms with van der Waals surface area (Å²) in [5.74, 6) is -2.28. The van der Waals surface area contributed by atoms with Crippen LogP contribution in [0.4, 0.5) is 8.78 Å². The lowest BCUT2D eigenvalue weighted by molar-refractivity contribution is 0.0550. The number of nitrogens with zero attached hydrogens (tertiary/aromatic N) is 1. The van der Waals surface area contributed by atoms with Gasteiger partial charge in [-0.3, -0.25) is 9.59 Å². The maximum Gasteiger partial charge on any atom is 0.254 e. The number of benzene rings is 3. The molecule has 2 atom stereocenters. The zero-order valence-electron chi connectivity index (χ0n) is 27.3. The number of amides is 2. The van der Waals surface area contributed by atoms with E-state index in [-0.39, 0.29) is 30.0 Å². The van der Waals surface area contributed by atoms with Gasteiger partial charge in [0.25, 0.3) is 11.8 Å². The first-order valence-corrected chi connectivity index (χ1v) is 15.9. The van der Waals surface area contributed by atoms with Gasteiger partial charge in [-0.05, 0) is 86.2 Å². The summed E-state index contributed by atoms with van der Waals surface area (Å²) in [6, 6.07) is 15.2. The summed E-state index contributed by atoms with van der Waals surface area (Å²) in [6.45, 7) is 10.8. The Hall–Kier alpha value is -3.70. The molecule has 0 aromatic heterocycles. The van der Waals surface area contributed by atoms with E-state index in [0.717, 1.165) is 18.1 Å². The second kappa shape index (κ2) is 19.1. The number of rotatable bonds is 19. The number of aliphatic hydroxyl groups excluding tert-OH is 1. The van der Waals surface area contributed by atoms with Gasteiger partial charge in [0.1, 0.15) is 11.6 Å². The smallest absolute Gasteiger partial charge is 0.254 e. The van der Waals surface area contributed by atoms with Crippen molar-refractivity contribution in [3.8, 4) is 0 Å². The molecule has 0 spiro atoms. The van der Waals surface area contributed by atoms with Crippen LogP contribution in [0.2, 0.25) is 0 Å². The average Bonchev–Trinajstić information content (AvgIpc) is 3.02. The van der Waals surface area contributed by atoms with Crippen molar-refractivity contribution in [1.29, 1.82) is 0 Å². The third kappa shape index (κ3) is 11.9. The van der Waals surface area contributed by atoms with Gasteiger partial charge in [0.2, 0.25) is 0 Å². The van der Waals surface area contributed by atoms with Crippen molar-refractivity contribution in [3.63, 3.8) is 0 Å². The molecule has 3 rings (SSSR count). The normalized spacial score (nSPS) is 12.5. The molecule has 2 amide bonds. The molecular weight excluding hydrogens is 592 g/mol. The maximum atomic E-state index is 14.0. The van der Waals surface area contributed by atoms with Gasteiger partial charge in [0.05, 0.1) is 25.4 Å². The van der Waals surface area contributed by atoms with E-state index < -0.39 is 29.7 Å². The molecule has 0 aliphatic carbocycles. The number of carbonyl (C=O) groups is 2. The van der Waals surface area contributed by atoms with Crippen molar-refractivity contribution in [2.45, 2.75) is 59.2 Å². The van der Waals surface area contributed by atoms with Crippen molar-refractivity contribution >= 4 is 11.8 Å². The van der Waals surface area contributed by atoms with Gasteiger partial charge in [-0.25, -0.2) is 8.78 Å². The zero-order valence-corrected chi connectivity index (χ0v) is 27.3. The quantitative estimate of drug-likeness (QED) is 0.162. The first-order valence-electron chi connectivity index (χ1n) is 15.9. The molecule has 0 heterocycles. The third-order valence-electron chi connectivity index (χ3n) is 7.53. The van der Waals surface area contributed by atoms with Gasteiger partial charge < -0.3 is 30.1 Å². The zero-order chi connectivity index (χ0) is 33.5. The van der Waals surface area contributed by atoms with Crippen LogP contribution in [0.25, 0.3) is 0 Å². The minimum absolute atomic E-state index is 0.0190. The lowest BCUT2D eigenvalue weighted by Crippen LogP contribution is -2.48. The first-order chi connectivity index (χ1) is 22.1. The van der Waals surface area contributed by atoms with E-state index in [9.17, 15) is 23.5 Å². The maximum absolute atomic E-state index is 14.0. The number of hydrogen-bond donors (Lipinski definition) is 3. The SMILES string of the molecule is CCOCCN(CCOCC)C(=O)c1cc(C)cc(C(=O)N[C@@H](Cc2cc(F)cc(F)c2)[C@H](O)CNCc2cccc(CC)c2)c1. The Morgan fingerprint density at radius 1 is 0.848 bits per heavy atom. The number of nitrogens with one attached hydrogen (secondary N) is 2. The van der Waals surface area contributed by atoms with Crippen LogP contribution in [0.1, 0.15) is 63.7 Å². The highest BCUT2D eigenvalue weighted by Crippen LogP contribution is 2.16. The number of hydrogen-bond acceptors (Lipinski definition) is 6. The summed E-state index contributed by atoms with van der Waals surface area (Å²) < 4.78 is 39.0. The molecule has 10 heteroatoms. The Morgan fingerprint density at radius 2 is 1.48 bits per heavy atom. The van der Waals surface area contributed by atoms with Crippen LogP contribution in [0.5, 0.6) is 0 Å². The number of aliphatic hydroxyl groups is 1. The summed E-state index contributed by atoms with van der Waals surface area (Å²) >= 11 is 0. The summed E-state index contributed by atoms with van der Waals surface area (Å²) in [7, 11) is 0. The lowest BCUT2D eigenvalue weighted by atomic mass is 9.99. The van der Waals surface area contributed by atoms with E-state index in [2.05, 4.69) is 23.6 Å². The molecule has 0 aliphatic heterocycles. The molecule has 0 radical (unpaired) electrons. The number of halogens is 2. The predicted molar refractivity (Wildman–Crippen MR) is 175 cm³/mol. The van der Waals surface area contributed by atoms with E-state index in [1.54, 1.807) is 24.0 Å². The molecule has 250 valence electrons. The van der Waals surface area contributed by atoms with Gasteiger partial charge >= 0.3 is 0 Å². The molecule has 3 aromatic carbocycles. The Labute approximate surface area is 271 Å². The molecule has 46 heavy (non-hydrogen) atoms. The second-order valence-corrected chi connectivity index (χ2v) is 11.2.